The van der Waals surface area contributed by atoms with E-state index in [0.29, 0.717) is 0 Å². The van der Waals surface area contributed by atoms with Crippen LogP contribution >= 0.6 is 22.7 Å². The summed E-state index contributed by atoms with van der Waals surface area (Å²) in [6.07, 6.45) is 0. The van der Waals surface area contributed by atoms with Gasteiger partial charge in [0.1, 0.15) is 11.2 Å². The third kappa shape index (κ3) is 4.62. The van der Waals surface area contributed by atoms with E-state index in [2.05, 4.69) is 169 Å². The van der Waals surface area contributed by atoms with E-state index in [-0.39, 0.29) is 0 Å². The molecule has 2 nitrogen and oxygen atoms in total. The summed E-state index contributed by atoms with van der Waals surface area (Å²) in [4.78, 5) is 2.35. The highest BCUT2D eigenvalue weighted by Gasteiger charge is 2.18. The van der Waals surface area contributed by atoms with Crippen LogP contribution in [0.5, 0.6) is 0 Å². The maximum atomic E-state index is 6.21. The molecule has 0 unspecified atom stereocenters. The zero-order chi connectivity index (χ0) is 34.2. The molecule has 4 heteroatoms. The van der Waals surface area contributed by atoms with Crippen molar-refractivity contribution in [1.82, 2.24) is 0 Å². The predicted molar refractivity (Wildman–Crippen MR) is 225 cm³/mol. The van der Waals surface area contributed by atoms with E-state index in [1.807, 2.05) is 34.8 Å². The molecule has 0 aliphatic carbocycles. The van der Waals surface area contributed by atoms with Crippen molar-refractivity contribution in [3.63, 3.8) is 0 Å². The summed E-state index contributed by atoms with van der Waals surface area (Å²) in [6, 6.07) is 63.5. The fourth-order valence-corrected chi connectivity index (χ4v) is 10.4. The molecule has 0 spiro atoms. The highest BCUT2D eigenvalue weighted by Crippen LogP contribution is 2.47. The van der Waals surface area contributed by atoms with Crippen molar-refractivity contribution < 1.29 is 4.42 Å². The first-order valence-electron chi connectivity index (χ1n) is 17.5. The first-order valence-corrected chi connectivity index (χ1v) is 19.1. The van der Waals surface area contributed by atoms with E-state index >= 15 is 0 Å². The van der Waals surface area contributed by atoms with Crippen LogP contribution in [0.25, 0.3) is 84.5 Å². The lowest BCUT2D eigenvalue weighted by Crippen LogP contribution is -2.09. The molecule has 244 valence electrons. The van der Waals surface area contributed by atoms with Crippen LogP contribution < -0.4 is 4.90 Å². The van der Waals surface area contributed by atoms with Gasteiger partial charge in [-0.25, -0.2) is 0 Å². The number of thiophene rings is 2. The minimum absolute atomic E-state index is 0.892. The standard InChI is InChI=1S/C48H29NOS2/c1-2-9-30(10-3-1)31-17-21-33(22-18-31)49(35-25-27-43-41(29-35)37-11-4-6-15-42(37)50-43)34-23-19-32(20-24-34)36-13-8-14-38-39-26-28-45-46(48(39)52-47(36)38)40-12-5-7-16-44(40)51-45/h1-29H. The van der Waals surface area contributed by atoms with E-state index in [1.54, 1.807) is 0 Å². The molecule has 0 amide bonds. The fraction of sp³-hybridized carbons (Fsp3) is 0. The molecule has 0 radical (unpaired) electrons. The highest BCUT2D eigenvalue weighted by atomic mass is 32.1. The van der Waals surface area contributed by atoms with E-state index in [0.717, 1.165) is 39.0 Å². The Morgan fingerprint density at radius 3 is 1.83 bits per heavy atom. The summed E-state index contributed by atoms with van der Waals surface area (Å²) in [5.41, 5.74) is 9.95. The minimum Gasteiger partial charge on any atom is -0.456 e. The molecule has 52 heavy (non-hydrogen) atoms. The van der Waals surface area contributed by atoms with Gasteiger partial charge in [0, 0.05) is 68.2 Å². The molecule has 0 saturated heterocycles. The van der Waals surface area contributed by atoms with Gasteiger partial charge in [0.25, 0.3) is 0 Å². The molecular formula is C48H29NOS2. The van der Waals surface area contributed by atoms with Gasteiger partial charge in [-0.05, 0) is 82.9 Å². The summed E-state index contributed by atoms with van der Waals surface area (Å²) < 4.78 is 11.6. The Morgan fingerprint density at radius 1 is 0.365 bits per heavy atom. The van der Waals surface area contributed by atoms with Crippen LogP contribution in [0.1, 0.15) is 0 Å². The molecule has 0 atom stereocenters. The number of hydrogen-bond donors (Lipinski definition) is 0. The SMILES string of the molecule is c1ccc(-c2ccc(N(c3ccc(-c4cccc5c4sc4c5ccc5sc6ccccc6c54)cc3)c3ccc4oc5ccccc5c4c3)cc2)cc1. The first-order chi connectivity index (χ1) is 25.8. The summed E-state index contributed by atoms with van der Waals surface area (Å²) in [7, 11) is 0. The number of benzene rings is 8. The smallest absolute Gasteiger partial charge is 0.135 e. The number of anilines is 3. The van der Waals surface area contributed by atoms with Gasteiger partial charge in [-0.2, -0.15) is 0 Å². The Labute approximate surface area is 308 Å². The Balaban J connectivity index is 1.04. The van der Waals surface area contributed by atoms with Gasteiger partial charge in [-0.15, -0.1) is 22.7 Å². The summed E-state index contributed by atoms with van der Waals surface area (Å²) in [5, 5.41) is 7.63. The maximum Gasteiger partial charge on any atom is 0.135 e. The number of rotatable bonds is 5. The van der Waals surface area contributed by atoms with Crippen molar-refractivity contribution >= 4 is 102 Å². The zero-order valence-electron chi connectivity index (χ0n) is 27.9. The second kappa shape index (κ2) is 11.7. The van der Waals surface area contributed by atoms with Crippen LogP contribution in [0.2, 0.25) is 0 Å². The average molecular weight is 700 g/mol. The van der Waals surface area contributed by atoms with Crippen molar-refractivity contribution in [2.24, 2.45) is 0 Å². The van der Waals surface area contributed by atoms with Crippen molar-refractivity contribution in [3.05, 3.63) is 176 Å². The lowest BCUT2D eigenvalue weighted by molar-refractivity contribution is 0.669. The van der Waals surface area contributed by atoms with Crippen LogP contribution in [-0.4, -0.2) is 0 Å². The lowest BCUT2D eigenvalue weighted by atomic mass is 10.0. The molecule has 3 aromatic heterocycles. The van der Waals surface area contributed by atoms with Crippen molar-refractivity contribution in [3.8, 4) is 22.3 Å². The first kappa shape index (κ1) is 29.5. The number of fused-ring (bicyclic) bond motifs is 10. The molecule has 0 bridgehead atoms. The van der Waals surface area contributed by atoms with Crippen LogP contribution in [0.4, 0.5) is 17.1 Å². The minimum atomic E-state index is 0.892. The fourth-order valence-electron chi connectivity index (χ4n) is 7.82. The molecule has 0 aliphatic rings. The van der Waals surface area contributed by atoms with Gasteiger partial charge in [0.05, 0.1) is 0 Å². The van der Waals surface area contributed by atoms with Crippen LogP contribution in [0.15, 0.2) is 180 Å². The van der Waals surface area contributed by atoms with E-state index in [1.165, 1.54) is 62.6 Å². The van der Waals surface area contributed by atoms with E-state index < -0.39 is 0 Å². The number of hydrogen-bond acceptors (Lipinski definition) is 4. The maximum absolute atomic E-state index is 6.21. The van der Waals surface area contributed by atoms with E-state index in [4.69, 9.17) is 4.42 Å². The van der Waals surface area contributed by atoms with E-state index in [9.17, 15) is 0 Å². The number of para-hydroxylation sites is 1. The van der Waals surface area contributed by atoms with Gasteiger partial charge in [0.2, 0.25) is 0 Å². The summed E-state index contributed by atoms with van der Waals surface area (Å²) in [5.74, 6) is 0. The Hall–Kier alpha value is -6.20. The Kier molecular flexibility index (Phi) is 6.63. The summed E-state index contributed by atoms with van der Waals surface area (Å²) >= 11 is 3.81. The topological polar surface area (TPSA) is 16.4 Å². The largest absolute Gasteiger partial charge is 0.456 e. The third-order valence-corrected chi connectivity index (χ3v) is 12.7. The summed E-state index contributed by atoms with van der Waals surface area (Å²) in [6.45, 7) is 0. The molecule has 0 fully saturated rings. The average Bonchev–Trinajstić information content (AvgIpc) is 3.90. The Bertz CT molecular complexity index is 3110. The molecule has 3 heterocycles. The van der Waals surface area contributed by atoms with Crippen molar-refractivity contribution in [2.45, 2.75) is 0 Å². The van der Waals surface area contributed by atoms with Gasteiger partial charge in [0.15, 0.2) is 0 Å². The quantitative estimate of drug-likeness (QED) is 0.178. The van der Waals surface area contributed by atoms with Crippen LogP contribution in [0.3, 0.4) is 0 Å². The number of nitrogens with zero attached hydrogens (tertiary/aromatic N) is 1. The molecular weight excluding hydrogens is 671 g/mol. The van der Waals surface area contributed by atoms with Crippen LogP contribution in [0, 0.1) is 0 Å². The molecule has 11 rings (SSSR count). The molecule has 0 aliphatic heterocycles. The third-order valence-electron chi connectivity index (χ3n) is 10.3. The second-order valence-corrected chi connectivity index (χ2v) is 15.4. The monoisotopic (exact) mass is 699 g/mol. The van der Waals surface area contributed by atoms with Gasteiger partial charge < -0.3 is 9.32 Å². The lowest BCUT2D eigenvalue weighted by Gasteiger charge is -2.26. The van der Waals surface area contributed by atoms with Crippen molar-refractivity contribution in [2.75, 3.05) is 4.90 Å². The zero-order valence-corrected chi connectivity index (χ0v) is 29.5. The molecule has 11 aromatic rings. The predicted octanol–water partition coefficient (Wildman–Crippen LogP) is 15.1. The van der Waals surface area contributed by atoms with Gasteiger partial charge in [-0.3, -0.25) is 0 Å². The molecule has 0 saturated carbocycles. The number of furan rings is 1. The molecule has 8 aromatic carbocycles. The van der Waals surface area contributed by atoms with Gasteiger partial charge in [-0.1, -0.05) is 115 Å². The Morgan fingerprint density at radius 2 is 1.00 bits per heavy atom. The second-order valence-electron chi connectivity index (χ2n) is 13.3. The van der Waals surface area contributed by atoms with Gasteiger partial charge >= 0.3 is 0 Å². The molecule has 0 N–H and O–H groups in total. The normalized spacial score (nSPS) is 11.8. The van der Waals surface area contributed by atoms with Crippen LogP contribution in [-0.2, 0) is 0 Å². The highest BCUT2D eigenvalue weighted by molar-refractivity contribution is 7.30. The van der Waals surface area contributed by atoms with Crippen molar-refractivity contribution in [1.29, 1.82) is 0 Å².